The zero-order valence-electron chi connectivity index (χ0n) is 11.0. The standard InChI is InChI=1S/C15H22ClNO/c1-2-8-17-11-13-5-6-15(14(16)10-13)18-9-7-12-3-4-12/h5-6,10,12,17H,2-4,7-9,11H2,1H3. The van der Waals surface area contributed by atoms with E-state index in [0.29, 0.717) is 0 Å². The van der Waals surface area contributed by atoms with Crippen molar-refractivity contribution in [3.05, 3.63) is 28.8 Å². The minimum Gasteiger partial charge on any atom is -0.492 e. The molecule has 1 N–H and O–H groups in total. The monoisotopic (exact) mass is 267 g/mol. The highest BCUT2D eigenvalue weighted by molar-refractivity contribution is 6.32. The third-order valence-electron chi connectivity index (χ3n) is 3.23. The maximum absolute atomic E-state index is 6.22. The Hall–Kier alpha value is -0.730. The summed E-state index contributed by atoms with van der Waals surface area (Å²) in [5.74, 6) is 1.72. The number of hydrogen-bond acceptors (Lipinski definition) is 2. The number of hydrogen-bond donors (Lipinski definition) is 1. The van der Waals surface area contributed by atoms with Crippen LogP contribution >= 0.6 is 11.6 Å². The molecule has 1 fully saturated rings. The quantitative estimate of drug-likeness (QED) is 0.719. The van der Waals surface area contributed by atoms with Gasteiger partial charge in [0.1, 0.15) is 5.75 Å². The molecule has 0 saturated heterocycles. The van der Waals surface area contributed by atoms with Crippen molar-refractivity contribution in [3.8, 4) is 5.75 Å². The van der Waals surface area contributed by atoms with Crippen LogP contribution in [-0.2, 0) is 6.54 Å². The van der Waals surface area contributed by atoms with Crippen molar-refractivity contribution in [2.24, 2.45) is 5.92 Å². The fraction of sp³-hybridized carbons (Fsp3) is 0.600. The fourth-order valence-corrected chi connectivity index (χ4v) is 2.18. The minimum absolute atomic E-state index is 0.724. The lowest BCUT2D eigenvalue weighted by Gasteiger charge is -2.09. The Morgan fingerprint density at radius 1 is 1.39 bits per heavy atom. The molecular formula is C15H22ClNO. The lowest BCUT2D eigenvalue weighted by atomic mass is 10.2. The van der Waals surface area contributed by atoms with Gasteiger partial charge in [0, 0.05) is 6.54 Å². The van der Waals surface area contributed by atoms with E-state index in [4.69, 9.17) is 16.3 Å². The molecule has 0 unspecified atom stereocenters. The lowest BCUT2D eigenvalue weighted by Crippen LogP contribution is -2.13. The van der Waals surface area contributed by atoms with Gasteiger partial charge in [0.05, 0.1) is 11.6 Å². The molecule has 1 aliphatic rings. The number of benzene rings is 1. The van der Waals surface area contributed by atoms with Gasteiger partial charge in [-0.1, -0.05) is 37.4 Å². The molecule has 0 aromatic heterocycles. The molecule has 0 radical (unpaired) electrons. The third kappa shape index (κ3) is 4.51. The average molecular weight is 268 g/mol. The van der Waals surface area contributed by atoms with E-state index in [0.717, 1.165) is 49.2 Å². The third-order valence-corrected chi connectivity index (χ3v) is 3.53. The summed E-state index contributed by atoms with van der Waals surface area (Å²) in [6.07, 6.45) is 5.06. The van der Waals surface area contributed by atoms with Crippen LogP contribution in [0.25, 0.3) is 0 Å². The summed E-state index contributed by atoms with van der Waals surface area (Å²) in [7, 11) is 0. The van der Waals surface area contributed by atoms with E-state index in [-0.39, 0.29) is 0 Å². The van der Waals surface area contributed by atoms with Gasteiger partial charge in [-0.2, -0.15) is 0 Å². The Kier molecular flexibility index (Phi) is 5.33. The molecule has 0 spiro atoms. The highest BCUT2D eigenvalue weighted by Crippen LogP contribution is 2.33. The summed E-state index contributed by atoms with van der Waals surface area (Å²) in [5.41, 5.74) is 1.21. The predicted octanol–water partition coefficient (Wildman–Crippen LogP) is 4.02. The van der Waals surface area contributed by atoms with E-state index < -0.39 is 0 Å². The molecule has 0 bridgehead atoms. The van der Waals surface area contributed by atoms with Gasteiger partial charge in [-0.15, -0.1) is 0 Å². The van der Waals surface area contributed by atoms with E-state index >= 15 is 0 Å². The molecule has 0 amide bonds. The van der Waals surface area contributed by atoms with E-state index in [1.54, 1.807) is 0 Å². The molecule has 2 nitrogen and oxygen atoms in total. The summed E-state index contributed by atoms with van der Waals surface area (Å²) in [6, 6.07) is 6.07. The SMILES string of the molecule is CCCNCc1ccc(OCCC2CC2)c(Cl)c1. The number of halogens is 1. The molecule has 0 aliphatic heterocycles. The Balaban J connectivity index is 1.79. The second-order valence-corrected chi connectivity index (χ2v) is 5.43. The maximum atomic E-state index is 6.22. The van der Waals surface area contributed by atoms with Gasteiger partial charge in [-0.05, 0) is 43.0 Å². The Labute approximate surface area is 115 Å². The van der Waals surface area contributed by atoms with E-state index in [2.05, 4.69) is 18.3 Å². The van der Waals surface area contributed by atoms with Crippen LogP contribution < -0.4 is 10.1 Å². The van der Waals surface area contributed by atoms with Crippen molar-refractivity contribution in [1.82, 2.24) is 5.32 Å². The lowest BCUT2D eigenvalue weighted by molar-refractivity contribution is 0.302. The first-order valence-electron chi connectivity index (χ1n) is 6.91. The molecule has 18 heavy (non-hydrogen) atoms. The van der Waals surface area contributed by atoms with Crippen molar-refractivity contribution in [2.45, 2.75) is 39.2 Å². The molecule has 1 aromatic rings. The molecule has 2 rings (SSSR count). The highest BCUT2D eigenvalue weighted by atomic mass is 35.5. The van der Waals surface area contributed by atoms with Gasteiger partial charge in [0.2, 0.25) is 0 Å². The van der Waals surface area contributed by atoms with Crippen LogP contribution in [0.1, 0.15) is 38.2 Å². The zero-order valence-corrected chi connectivity index (χ0v) is 11.8. The van der Waals surface area contributed by atoms with Crippen LogP contribution in [0, 0.1) is 5.92 Å². The normalized spacial score (nSPS) is 14.8. The maximum Gasteiger partial charge on any atom is 0.137 e. The van der Waals surface area contributed by atoms with Crippen molar-refractivity contribution >= 4 is 11.6 Å². The first-order chi connectivity index (χ1) is 8.79. The van der Waals surface area contributed by atoms with Gasteiger partial charge in [0.25, 0.3) is 0 Å². The Morgan fingerprint density at radius 2 is 2.22 bits per heavy atom. The molecule has 0 atom stereocenters. The van der Waals surface area contributed by atoms with Crippen LogP contribution in [0.3, 0.4) is 0 Å². The summed E-state index contributed by atoms with van der Waals surface area (Å²) in [5, 5.41) is 4.09. The van der Waals surface area contributed by atoms with Gasteiger partial charge < -0.3 is 10.1 Å². The number of rotatable bonds is 8. The molecule has 3 heteroatoms. The van der Waals surface area contributed by atoms with Crippen molar-refractivity contribution in [1.29, 1.82) is 0 Å². The highest BCUT2D eigenvalue weighted by Gasteiger charge is 2.20. The molecule has 1 aromatic carbocycles. The van der Waals surface area contributed by atoms with E-state index in [1.807, 2.05) is 12.1 Å². The smallest absolute Gasteiger partial charge is 0.137 e. The van der Waals surface area contributed by atoms with Gasteiger partial charge in [0.15, 0.2) is 0 Å². The van der Waals surface area contributed by atoms with Crippen LogP contribution in [0.5, 0.6) is 5.75 Å². The van der Waals surface area contributed by atoms with Crippen LogP contribution in [0.15, 0.2) is 18.2 Å². The van der Waals surface area contributed by atoms with Crippen molar-refractivity contribution in [3.63, 3.8) is 0 Å². The molecular weight excluding hydrogens is 246 g/mol. The van der Waals surface area contributed by atoms with Crippen molar-refractivity contribution in [2.75, 3.05) is 13.2 Å². The second kappa shape index (κ2) is 7.01. The van der Waals surface area contributed by atoms with Crippen LogP contribution in [0.2, 0.25) is 5.02 Å². The zero-order chi connectivity index (χ0) is 12.8. The largest absolute Gasteiger partial charge is 0.492 e. The molecule has 0 heterocycles. The number of nitrogens with one attached hydrogen (secondary N) is 1. The molecule has 100 valence electrons. The fourth-order valence-electron chi connectivity index (χ4n) is 1.92. The van der Waals surface area contributed by atoms with E-state index in [9.17, 15) is 0 Å². The molecule has 1 aliphatic carbocycles. The summed E-state index contributed by atoms with van der Waals surface area (Å²) in [4.78, 5) is 0. The molecule has 1 saturated carbocycles. The van der Waals surface area contributed by atoms with Gasteiger partial charge in [-0.25, -0.2) is 0 Å². The van der Waals surface area contributed by atoms with E-state index in [1.165, 1.54) is 18.4 Å². The van der Waals surface area contributed by atoms with Gasteiger partial charge in [-0.3, -0.25) is 0 Å². The predicted molar refractivity (Wildman–Crippen MR) is 76.3 cm³/mol. The van der Waals surface area contributed by atoms with Crippen LogP contribution in [-0.4, -0.2) is 13.2 Å². The number of ether oxygens (including phenoxy) is 1. The Morgan fingerprint density at radius 3 is 2.89 bits per heavy atom. The first kappa shape index (κ1) is 13.7. The van der Waals surface area contributed by atoms with Gasteiger partial charge >= 0.3 is 0 Å². The van der Waals surface area contributed by atoms with Crippen molar-refractivity contribution < 1.29 is 4.74 Å². The minimum atomic E-state index is 0.724. The summed E-state index contributed by atoms with van der Waals surface area (Å²) in [6.45, 7) is 4.86. The first-order valence-corrected chi connectivity index (χ1v) is 7.29. The Bertz CT molecular complexity index is 377. The summed E-state index contributed by atoms with van der Waals surface area (Å²) >= 11 is 6.22. The second-order valence-electron chi connectivity index (χ2n) is 5.02. The summed E-state index contributed by atoms with van der Waals surface area (Å²) < 4.78 is 5.72. The van der Waals surface area contributed by atoms with Crippen LogP contribution in [0.4, 0.5) is 0 Å². The average Bonchev–Trinajstić information content (AvgIpc) is 3.16. The topological polar surface area (TPSA) is 21.3 Å².